The van der Waals surface area contributed by atoms with E-state index in [1.54, 1.807) is 23.6 Å². The van der Waals surface area contributed by atoms with Crippen LogP contribution in [0.4, 0.5) is 14.5 Å². The van der Waals surface area contributed by atoms with E-state index in [-0.39, 0.29) is 5.69 Å². The van der Waals surface area contributed by atoms with Crippen molar-refractivity contribution in [3.63, 3.8) is 0 Å². The molecule has 0 aliphatic rings. The van der Waals surface area contributed by atoms with Crippen molar-refractivity contribution in [2.45, 2.75) is 17.3 Å². The van der Waals surface area contributed by atoms with Crippen LogP contribution in [0.1, 0.15) is 6.92 Å². The molecule has 118 valence electrons. The minimum Gasteiger partial charge on any atom is -0.323 e. The second kappa shape index (κ2) is 6.33. The van der Waals surface area contributed by atoms with Crippen LogP contribution in [-0.2, 0) is 4.79 Å². The first-order chi connectivity index (χ1) is 11.0. The van der Waals surface area contributed by atoms with Gasteiger partial charge in [0.05, 0.1) is 10.9 Å². The van der Waals surface area contributed by atoms with E-state index in [1.807, 2.05) is 12.1 Å². The number of nitrogens with one attached hydrogen (secondary N) is 1. The number of amides is 1. The monoisotopic (exact) mass is 334 g/mol. The number of rotatable bonds is 4. The van der Waals surface area contributed by atoms with Crippen molar-refractivity contribution >= 4 is 29.0 Å². The first-order valence-electron chi connectivity index (χ1n) is 6.77. The number of thioether (sulfide) groups is 1. The Labute approximate surface area is 134 Å². The number of halogens is 2. The maximum Gasteiger partial charge on any atom is 0.237 e. The fourth-order valence-corrected chi connectivity index (χ4v) is 2.78. The summed E-state index contributed by atoms with van der Waals surface area (Å²) in [5, 5.41) is 10.4. The molecule has 0 aliphatic heterocycles. The number of benzene rings is 1. The average Bonchev–Trinajstić information content (AvgIpc) is 2.94. The Kier molecular flexibility index (Phi) is 4.24. The van der Waals surface area contributed by atoms with Gasteiger partial charge < -0.3 is 5.32 Å². The number of anilines is 1. The number of hydrogen-bond acceptors (Lipinski definition) is 4. The minimum absolute atomic E-state index is 0.187. The smallest absolute Gasteiger partial charge is 0.237 e. The zero-order valence-corrected chi connectivity index (χ0v) is 12.8. The van der Waals surface area contributed by atoms with Crippen LogP contribution in [0.25, 0.3) is 5.65 Å². The van der Waals surface area contributed by atoms with Gasteiger partial charge in [-0.15, -0.1) is 10.2 Å². The molecule has 2 aromatic heterocycles. The van der Waals surface area contributed by atoms with E-state index in [9.17, 15) is 13.6 Å². The molecule has 0 bridgehead atoms. The zero-order valence-electron chi connectivity index (χ0n) is 12.0. The van der Waals surface area contributed by atoms with Crippen LogP contribution in [0.15, 0.2) is 47.8 Å². The maximum atomic E-state index is 13.6. The molecule has 2 heterocycles. The second-order valence-corrected chi connectivity index (χ2v) is 6.09. The third-order valence-corrected chi connectivity index (χ3v) is 4.18. The second-order valence-electron chi connectivity index (χ2n) is 4.78. The number of carbonyl (C=O) groups excluding carboxylic acids is 1. The van der Waals surface area contributed by atoms with E-state index < -0.39 is 22.8 Å². The largest absolute Gasteiger partial charge is 0.323 e. The van der Waals surface area contributed by atoms with Gasteiger partial charge in [0.25, 0.3) is 0 Å². The molecule has 3 aromatic rings. The fraction of sp³-hybridized carbons (Fsp3) is 0.133. The molecule has 23 heavy (non-hydrogen) atoms. The van der Waals surface area contributed by atoms with Crippen LogP contribution in [0, 0.1) is 11.6 Å². The summed E-state index contributed by atoms with van der Waals surface area (Å²) >= 11 is 1.18. The Hall–Kier alpha value is -2.48. The zero-order chi connectivity index (χ0) is 16.4. The van der Waals surface area contributed by atoms with Crippen LogP contribution in [0.5, 0.6) is 0 Å². The summed E-state index contributed by atoms with van der Waals surface area (Å²) in [6.07, 6.45) is 1.79. The lowest BCUT2D eigenvalue weighted by Gasteiger charge is -2.11. The third-order valence-electron chi connectivity index (χ3n) is 3.12. The number of pyridine rings is 1. The maximum absolute atomic E-state index is 13.6. The lowest BCUT2D eigenvalue weighted by atomic mass is 10.3. The summed E-state index contributed by atoms with van der Waals surface area (Å²) in [5.41, 5.74) is 0.479. The molecular formula is C15H12F2N4OS. The van der Waals surface area contributed by atoms with Gasteiger partial charge >= 0.3 is 0 Å². The van der Waals surface area contributed by atoms with Crippen molar-refractivity contribution in [2.24, 2.45) is 0 Å². The molecule has 3 rings (SSSR count). The molecule has 1 amide bonds. The van der Waals surface area contributed by atoms with Gasteiger partial charge in [-0.05, 0) is 31.2 Å². The molecule has 1 aromatic carbocycles. The highest BCUT2D eigenvalue weighted by Gasteiger charge is 2.19. The van der Waals surface area contributed by atoms with E-state index in [2.05, 4.69) is 15.5 Å². The number of nitrogens with zero attached hydrogens (tertiary/aromatic N) is 3. The Morgan fingerprint density at radius 3 is 2.91 bits per heavy atom. The van der Waals surface area contributed by atoms with Gasteiger partial charge in [-0.3, -0.25) is 9.20 Å². The lowest BCUT2D eigenvalue weighted by Crippen LogP contribution is -2.23. The van der Waals surface area contributed by atoms with E-state index in [4.69, 9.17) is 0 Å². The van der Waals surface area contributed by atoms with Gasteiger partial charge in [-0.2, -0.15) is 0 Å². The summed E-state index contributed by atoms with van der Waals surface area (Å²) in [6.45, 7) is 1.65. The molecule has 5 nitrogen and oxygen atoms in total. The van der Waals surface area contributed by atoms with E-state index in [0.717, 1.165) is 18.2 Å². The van der Waals surface area contributed by atoms with Crippen LogP contribution < -0.4 is 5.32 Å². The van der Waals surface area contributed by atoms with Gasteiger partial charge in [0.1, 0.15) is 11.6 Å². The Bertz CT molecular complexity index is 868. The van der Waals surface area contributed by atoms with Crippen molar-refractivity contribution in [3.05, 3.63) is 54.2 Å². The summed E-state index contributed by atoms with van der Waals surface area (Å²) in [6, 6.07) is 8.36. The molecular weight excluding hydrogens is 322 g/mol. The van der Waals surface area contributed by atoms with Gasteiger partial charge in [0, 0.05) is 12.3 Å². The molecule has 0 radical (unpaired) electrons. The fourth-order valence-electron chi connectivity index (χ4n) is 1.94. The molecule has 0 saturated heterocycles. The average molecular weight is 334 g/mol. The van der Waals surface area contributed by atoms with Crippen molar-refractivity contribution in [1.82, 2.24) is 14.6 Å². The number of fused-ring (bicyclic) bond motifs is 1. The standard InChI is InChI=1S/C15H12F2N4OS/c1-9(14(22)18-12-8-10(16)5-6-11(12)17)23-15-20-19-13-4-2-3-7-21(13)15/h2-9H,1H3,(H,18,22)/t9-/m1/s1. The highest BCUT2D eigenvalue weighted by molar-refractivity contribution is 8.00. The normalized spacial score (nSPS) is 12.3. The summed E-state index contributed by atoms with van der Waals surface area (Å²) in [4.78, 5) is 12.2. The predicted molar refractivity (Wildman–Crippen MR) is 83.3 cm³/mol. The Morgan fingerprint density at radius 2 is 2.09 bits per heavy atom. The highest BCUT2D eigenvalue weighted by atomic mass is 32.2. The SMILES string of the molecule is C[C@@H](Sc1nnc2ccccn12)C(=O)Nc1cc(F)ccc1F. The minimum atomic E-state index is -0.690. The molecule has 1 atom stereocenters. The molecule has 1 N–H and O–H groups in total. The van der Waals surface area contributed by atoms with Crippen molar-refractivity contribution in [2.75, 3.05) is 5.32 Å². The highest BCUT2D eigenvalue weighted by Crippen LogP contribution is 2.24. The first-order valence-corrected chi connectivity index (χ1v) is 7.65. The van der Waals surface area contributed by atoms with Crippen LogP contribution >= 0.6 is 11.8 Å². The Morgan fingerprint density at radius 1 is 1.26 bits per heavy atom. The van der Waals surface area contributed by atoms with Crippen LogP contribution in [0.2, 0.25) is 0 Å². The molecule has 0 unspecified atom stereocenters. The number of carbonyl (C=O) groups is 1. The molecule has 0 saturated carbocycles. The van der Waals surface area contributed by atoms with Crippen molar-refractivity contribution in [1.29, 1.82) is 0 Å². The van der Waals surface area contributed by atoms with Crippen LogP contribution in [-0.4, -0.2) is 25.8 Å². The van der Waals surface area contributed by atoms with Crippen molar-refractivity contribution in [3.8, 4) is 0 Å². The molecule has 0 aliphatic carbocycles. The molecule has 0 spiro atoms. The van der Waals surface area contributed by atoms with Crippen molar-refractivity contribution < 1.29 is 13.6 Å². The summed E-state index contributed by atoms with van der Waals surface area (Å²) < 4.78 is 28.4. The van der Waals surface area contributed by atoms with E-state index in [1.165, 1.54) is 11.8 Å². The molecule has 8 heteroatoms. The van der Waals surface area contributed by atoms with Gasteiger partial charge in [0.2, 0.25) is 5.91 Å². The van der Waals surface area contributed by atoms with Gasteiger partial charge in [-0.1, -0.05) is 17.8 Å². The molecule has 0 fully saturated rings. The van der Waals surface area contributed by atoms with Crippen LogP contribution in [0.3, 0.4) is 0 Å². The Balaban J connectivity index is 1.74. The summed E-state index contributed by atoms with van der Waals surface area (Å²) in [7, 11) is 0. The van der Waals surface area contributed by atoms with E-state index in [0.29, 0.717) is 10.8 Å². The number of hydrogen-bond donors (Lipinski definition) is 1. The topological polar surface area (TPSA) is 59.3 Å². The lowest BCUT2D eigenvalue weighted by molar-refractivity contribution is -0.115. The van der Waals surface area contributed by atoms with E-state index >= 15 is 0 Å². The third kappa shape index (κ3) is 3.31. The van der Waals surface area contributed by atoms with Gasteiger partial charge in [0.15, 0.2) is 10.8 Å². The predicted octanol–water partition coefficient (Wildman–Crippen LogP) is 3.13. The first kappa shape index (κ1) is 15.4. The number of aromatic nitrogens is 3. The van der Waals surface area contributed by atoms with Gasteiger partial charge in [-0.25, -0.2) is 8.78 Å². The summed E-state index contributed by atoms with van der Waals surface area (Å²) in [5.74, 6) is -1.76. The quantitative estimate of drug-likeness (QED) is 0.745.